The van der Waals surface area contributed by atoms with E-state index in [4.69, 9.17) is 30.2 Å². The molecule has 0 amide bonds. The number of thiazole rings is 1. The molecule has 0 radical (unpaired) electrons. The van der Waals surface area contributed by atoms with Gasteiger partial charge in [-0.05, 0) is 29.8 Å². The van der Waals surface area contributed by atoms with Gasteiger partial charge in [-0.1, -0.05) is 17.7 Å². The second-order valence-electron chi connectivity index (χ2n) is 7.27. The van der Waals surface area contributed by atoms with Crippen molar-refractivity contribution in [3.05, 3.63) is 68.4 Å². The lowest BCUT2D eigenvalue weighted by atomic mass is 10.1. The van der Waals surface area contributed by atoms with E-state index in [1.807, 2.05) is 23.6 Å². The molecule has 0 aliphatic carbocycles. The summed E-state index contributed by atoms with van der Waals surface area (Å²) in [4.78, 5) is 21.5. The minimum atomic E-state index is -0.223. The zero-order chi connectivity index (χ0) is 21.8. The Balaban J connectivity index is 1.62. The molecular formula is C23H15ClN2O5S. The van der Waals surface area contributed by atoms with Gasteiger partial charge in [0.15, 0.2) is 22.8 Å². The summed E-state index contributed by atoms with van der Waals surface area (Å²) in [5.74, 6) is 1.71. The summed E-state index contributed by atoms with van der Waals surface area (Å²) in [6.07, 6.45) is 2.20. The number of ether oxygens (including phenoxy) is 3. The normalized spacial score (nSPS) is 12.7. The predicted octanol–water partition coefficient (Wildman–Crippen LogP) is 5.38. The molecule has 9 heteroatoms. The van der Waals surface area contributed by atoms with Crippen molar-refractivity contribution in [1.29, 1.82) is 0 Å². The van der Waals surface area contributed by atoms with Crippen molar-refractivity contribution in [2.45, 2.75) is 6.42 Å². The quantitative estimate of drug-likeness (QED) is 0.382. The van der Waals surface area contributed by atoms with Gasteiger partial charge < -0.3 is 23.6 Å². The van der Waals surface area contributed by atoms with E-state index in [1.54, 1.807) is 18.3 Å². The van der Waals surface area contributed by atoms with Gasteiger partial charge in [-0.2, -0.15) is 0 Å². The number of rotatable bonds is 4. The number of fused-ring (bicyclic) bond motifs is 3. The van der Waals surface area contributed by atoms with E-state index in [9.17, 15) is 4.79 Å². The number of nitrogens with one attached hydrogen (secondary N) is 1. The third-order valence-electron chi connectivity index (χ3n) is 5.43. The van der Waals surface area contributed by atoms with Gasteiger partial charge in [-0.25, -0.2) is 4.98 Å². The van der Waals surface area contributed by atoms with Crippen LogP contribution in [0.2, 0.25) is 5.02 Å². The van der Waals surface area contributed by atoms with Crippen LogP contribution in [-0.2, 0) is 6.42 Å². The monoisotopic (exact) mass is 466 g/mol. The van der Waals surface area contributed by atoms with E-state index in [1.165, 1.54) is 18.4 Å². The molecule has 0 spiro atoms. The molecule has 0 saturated carbocycles. The number of hydrogen-bond acceptors (Lipinski definition) is 7. The summed E-state index contributed by atoms with van der Waals surface area (Å²) in [7, 11) is 1.48. The van der Waals surface area contributed by atoms with Gasteiger partial charge in [0, 0.05) is 18.0 Å². The Morgan fingerprint density at radius 1 is 1.19 bits per heavy atom. The summed E-state index contributed by atoms with van der Waals surface area (Å²) in [5.41, 5.74) is 3.02. The molecule has 1 aliphatic rings. The molecule has 3 aromatic heterocycles. The average Bonchev–Trinajstić information content (AvgIpc) is 3.54. The zero-order valence-corrected chi connectivity index (χ0v) is 18.3. The third-order valence-corrected chi connectivity index (χ3v) is 6.52. The standard InChI is InChI=1S/C23H15ClN2O5S/c1-28-21-12(24)3-5-15-17(21)20(27)18-19(23-25-6-7-32-23)26-13(22(18)31-15)8-11-2-4-14-16(9-11)30-10-29-14/h2-7,9,26H,8,10H2,1H3. The van der Waals surface area contributed by atoms with Crippen LogP contribution in [0.15, 0.2) is 51.1 Å². The molecule has 0 fully saturated rings. The summed E-state index contributed by atoms with van der Waals surface area (Å²) < 4.78 is 22.6. The van der Waals surface area contributed by atoms with E-state index in [0.717, 1.165) is 17.0 Å². The maximum atomic E-state index is 13.7. The lowest BCUT2D eigenvalue weighted by molar-refractivity contribution is 0.174. The largest absolute Gasteiger partial charge is 0.494 e. The van der Waals surface area contributed by atoms with Gasteiger partial charge in [0.25, 0.3) is 0 Å². The Morgan fingerprint density at radius 2 is 2.06 bits per heavy atom. The topological polar surface area (TPSA) is 86.6 Å². The van der Waals surface area contributed by atoms with Gasteiger partial charge in [0.1, 0.15) is 16.0 Å². The third kappa shape index (κ3) is 2.87. The second kappa shape index (κ2) is 7.29. The van der Waals surface area contributed by atoms with Crippen LogP contribution in [0.1, 0.15) is 11.3 Å². The minimum absolute atomic E-state index is 0.212. The average molecular weight is 467 g/mol. The first kappa shape index (κ1) is 19.2. The highest BCUT2D eigenvalue weighted by atomic mass is 35.5. The first-order valence-corrected chi connectivity index (χ1v) is 11.0. The number of benzene rings is 2. The van der Waals surface area contributed by atoms with Crippen LogP contribution in [-0.4, -0.2) is 23.9 Å². The van der Waals surface area contributed by atoms with Crippen molar-refractivity contribution in [3.63, 3.8) is 0 Å². The molecule has 0 saturated heterocycles. The van der Waals surface area contributed by atoms with Crippen molar-refractivity contribution >= 4 is 44.9 Å². The molecule has 5 aromatic rings. The van der Waals surface area contributed by atoms with Gasteiger partial charge in [-0.3, -0.25) is 4.79 Å². The van der Waals surface area contributed by atoms with Crippen LogP contribution < -0.4 is 19.6 Å². The van der Waals surface area contributed by atoms with Gasteiger partial charge >= 0.3 is 0 Å². The maximum absolute atomic E-state index is 13.7. The van der Waals surface area contributed by atoms with E-state index >= 15 is 0 Å². The van der Waals surface area contributed by atoms with Crippen molar-refractivity contribution in [2.24, 2.45) is 0 Å². The predicted molar refractivity (Wildman–Crippen MR) is 122 cm³/mol. The summed E-state index contributed by atoms with van der Waals surface area (Å²) in [5, 5.41) is 3.63. The highest BCUT2D eigenvalue weighted by molar-refractivity contribution is 7.13. The molecule has 6 rings (SSSR count). The van der Waals surface area contributed by atoms with Crippen LogP contribution in [0.4, 0.5) is 0 Å². The molecule has 7 nitrogen and oxygen atoms in total. The first-order valence-electron chi connectivity index (χ1n) is 9.76. The fraction of sp³-hybridized carbons (Fsp3) is 0.130. The Bertz CT molecular complexity index is 1560. The summed E-state index contributed by atoms with van der Waals surface area (Å²) >= 11 is 7.72. The minimum Gasteiger partial charge on any atom is -0.494 e. The molecule has 0 bridgehead atoms. The van der Waals surface area contributed by atoms with E-state index < -0.39 is 0 Å². The SMILES string of the molecule is COc1c(Cl)ccc2oc3c(Cc4ccc5c(c4)OCO5)[nH]c(-c4nccs4)c3c(=O)c12. The van der Waals surface area contributed by atoms with E-state index in [0.29, 0.717) is 55.6 Å². The Morgan fingerprint density at radius 3 is 2.88 bits per heavy atom. The molecular weight excluding hydrogens is 452 g/mol. The Hall–Kier alpha value is -3.49. The lowest BCUT2D eigenvalue weighted by Crippen LogP contribution is -2.04. The van der Waals surface area contributed by atoms with Gasteiger partial charge in [0.05, 0.1) is 28.9 Å². The molecule has 160 valence electrons. The second-order valence-corrected chi connectivity index (χ2v) is 8.57. The molecule has 2 aromatic carbocycles. The molecule has 32 heavy (non-hydrogen) atoms. The van der Waals surface area contributed by atoms with Gasteiger partial charge in [0.2, 0.25) is 12.2 Å². The Labute approximate surface area is 190 Å². The number of H-pyrrole nitrogens is 1. The summed E-state index contributed by atoms with van der Waals surface area (Å²) in [6.45, 7) is 0.212. The van der Waals surface area contributed by atoms with Crippen LogP contribution in [0.3, 0.4) is 0 Å². The zero-order valence-electron chi connectivity index (χ0n) is 16.7. The number of nitrogens with zero attached hydrogens (tertiary/aromatic N) is 1. The smallest absolute Gasteiger partial charge is 0.231 e. The van der Waals surface area contributed by atoms with Crippen LogP contribution in [0, 0.1) is 0 Å². The highest BCUT2D eigenvalue weighted by Crippen LogP contribution is 2.38. The number of methoxy groups -OCH3 is 1. The van der Waals surface area contributed by atoms with E-state index in [2.05, 4.69) is 9.97 Å². The summed E-state index contributed by atoms with van der Waals surface area (Å²) in [6, 6.07) is 9.11. The molecule has 1 aliphatic heterocycles. The van der Waals surface area contributed by atoms with Crippen molar-refractivity contribution in [1.82, 2.24) is 9.97 Å². The fourth-order valence-corrected chi connectivity index (χ4v) is 4.90. The van der Waals surface area contributed by atoms with Crippen molar-refractivity contribution in [3.8, 4) is 28.0 Å². The number of hydrogen-bond donors (Lipinski definition) is 1. The van der Waals surface area contributed by atoms with Crippen molar-refractivity contribution in [2.75, 3.05) is 13.9 Å². The lowest BCUT2D eigenvalue weighted by Gasteiger charge is -2.07. The van der Waals surface area contributed by atoms with E-state index in [-0.39, 0.29) is 12.2 Å². The maximum Gasteiger partial charge on any atom is 0.231 e. The molecule has 1 N–H and O–H groups in total. The highest BCUT2D eigenvalue weighted by Gasteiger charge is 2.24. The fourth-order valence-electron chi connectivity index (χ4n) is 4.02. The molecule has 4 heterocycles. The first-order chi connectivity index (χ1) is 15.6. The molecule has 0 unspecified atom stereocenters. The molecule has 0 atom stereocenters. The van der Waals surface area contributed by atoms with Crippen LogP contribution in [0.25, 0.3) is 32.6 Å². The number of aromatic nitrogens is 2. The van der Waals surface area contributed by atoms with Gasteiger partial charge in [-0.15, -0.1) is 11.3 Å². The van der Waals surface area contributed by atoms with Crippen LogP contribution >= 0.6 is 22.9 Å². The number of aromatic amines is 1. The Kier molecular flexibility index (Phi) is 4.38. The van der Waals surface area contributed by atoms with Crippen molar-refractivity contribution < 1.29 is 18.6 Å². The van der Waals surface area contributed by atoms with Crippen LogP contribution in [0.5, 0.6) is 17.2 Å². The number of halogens is 1.